The van der Waals surface area contributed by atoms with Crippen LogP contribution in [0, 0.1) is 0 Å². The molecule has 2 rings (SSSR count). The molecule has 1 amide bonds. The molecular formula is C10H7BrN2O2. The minimum Gasteiger partial charge on any atom is -0.459 e. The minimum atomic E-state index is -0.310. The van der Waals surface area contributed by atoms with Crippen molar-refractivity contribution in [2.45, 2.75) is 0 Å². The molecule has 2 aromatic heterocycles. The van der Waals surface area contributed by atoms with Crippen molar-refractivity contribution in [2.75, 3.05) is 5.32 Å². The summed E-state index contributed by atoms with van der Waals surface area (Å²) in [5.41, 5.74) is 0. The minimum absolute atomic E-state index is 0.264. The van der Waals surface area contributed by atoms with Gasteiger partial charge in [-0.1, -0.05) is 0 Å². The van der Waals surface area contributed by atoms with E-state index in [0.29, 0.717) is 5.82 Å². The van der Waals surface area contributed by atoms with Crippen molar-refractivity contribution in [3.63, 3.8) is 0 Å². The number of nitrogens with zero attached hydrogens (tertiary/aromatic N) is 1. The number of furan rings is 1. The summed E-state index contributed by atoms with van der Waals surface area (Å²) in [6.07, 6.45) is 3.06. The van der Waals surface area contributed by atoms with Gasteiger partial charge >= 0.3 is 0 Å². The van der Waals surface area contributed by atoms with Crippen LogP contribution in [-0.4, -0.2) is 10.9 Å². The summed E-state index contributed by atoms with van der Waals surface area (Å²) in [7, 11) is 0. The first-order valence-electron chi connectivity index (χ1n) is 4.22. The van der Waals surface area contributed by atoms with Gasteiger partial charge in [-0.2, -0.15) is 0 Å². The molecule has 1 N–H and O–H groups in total. The fourth-order valence-electron chi connectivity index (χ4n) is 1.04. The first-order chi connectivity index (χ1) is 7.25. The van der Waals surface area contributed by atoms with Crippen LogP contribution >= 0.6 is 15.9 Å². The summed E-state index contributed by atoms with van der Waals surface area (Å²) in [5, 5.41) is 2.61. The van der Waals surface area contributed by atoms with E-state index in [1.807, 2.05) is 0 Å². The first kappa shape index (κ1) is 9.92. The number of halogens is 1. The zero-order chi connectivity index (χ0) is 10.7. The quantitative estimate of drug-likeness (QED) is 0.910. The van der Waals surface area contributed by atoms with Crippen molar-refractivity contribution in [1.29, 1.82) is 0 Å². The number of hydrogen-bond acceptors (Lipinski definition) is 3. The van der Waals surface area contributed by atoms with E-state index in [9.17, 15) is 4.79 Å². The second kappa shape index (κ2) is 4.27. The maximum absolute atomic E-state index is 11.5. The number of nitrogens with one attached hydrogen (secondary N) is 1. The third-order valence-electron chi connectivity index (χ3n) is 1.71. The predicted molar refractivity (Wildman–Crippen MR) is 58.6 cm³/mol. The Bertz CT molecular complexity index is 451. The summed E-state index contributed by atoms with van der Waals surface area (Å²) >= 11 is 3.26. The molecule has 0 saturated carbocycles. The lowest BCUT2D eigenvalue weighted by atomic mass is 10.4. The largest absolute Gasteiger partial charge is 0.459 e. The number of aromatic nitrogens is 1. The fourth-order valence-corrected chi connectivity index (χ4v) is 1.27. The molecule has 15 heavy (non-hydrogen) atoms. The Kier molecular flexibility index (Phi) is 2.82. The average molecular weight is 267 g/mol. The van der Waals surface area contributed by atoms with Gasteiger partial charge in [0.15, 0.2) is 5.76 Å². The van der Waals surface area contributed by atoms with E-state index < -0.39 is 0 Å². The Morgan fingerprint density at radius 2 is 2.27 bits per heavy atom. The summed E-state index contributed by atoms with van der Waals surface area (Å²) in [6, 6.07) is 6.74. The lowest BCUT2D eigenvalue weighted by molar-refractivity contribution is 0.0996. The van der Waals surface area contributed by atoms with Crippen molar-refractivity contribution in [3.8, 4) is 0 Å². The van der Waals surface area contributed by atoms with Crippen molar-refractivity contribution in [1.82, 2.24) is 4.98 Å². The van der Waals surface area contributed by atoms with Crippen LogP contribution in [0.3, 0.4) is 0 Å². The maximum atomic E-state index is 11.5. The average Bonchev–Trinajstić information content (AvgIpc) is 2.74. The predicted octanol–water partition coefficient (Wildman–Crippen LogP) is 2.69. The van der Waals surface area contributed by atoms with Gasteiger partial charge in [-0.25, -0.2) is 4.98 Å². The number of carbonyl (C=O) groups excluding carboxylic acids is 1. The van der Waals surface area contributed by atoms with Gasteiger partial charge < -0.3 is 9.73 Å². The number of carbonyl (C=O) groups is 1. The van der Waals surface area contributed by atoms with Gasteiger partial charge in [0.25, 0.3) is 5.91 Å². The van der Waals surface area contributed by atoms with Crippen LogP contribution in [0.5, 0.6) is 0 Å². The smallest absolute Gasteiger partial charge is 0.292 e. The summed E-state index contributed by atoms with van der Waals surface area (Å²) in [6.45, 7) is 0. The lowest BCUT2D eigenvalue weighted by Crippen LogP contribution is -2.11. The highest BCUT2D eigenvalue weighted by Gasteiger charge is 2.08. The molecule has 0 spiro atoms. The number of hydrogen-bond donors (Lipinski definition) is 1. The molecule has 0 fully saturated rings. The molecular weight excluding hydrogens is 260 g/mol. The van der Waals surface area contributed by atoms with Gasteiger partial charge in [0, 0.05) is 10.7 Å². The molecule has 0 saturated heterocycles. The highest BCUT2D eigenvalue weighted by Crippen LogP contribution is 2.11. The Morgan fingerprint density at radius 3 is 2.87 bits per heavy atom. The van der Waals surface area contributed by atoms with E-state index in [1.54, 1.807) is 30.5 Å². The monoisotopic (exact) mass is 266 g/mol. The third kappa shape index (κ3) is 2.44. The standard InChI is InChI=1S/C10H7BrN2O2/c11-7-3-4-9(12-6-7)13-10(14)8-2-1-5-15-8/h1-6H,(H,12,13,14). The van der Waals surface area contributed by atoms with Crippen LogP contribution in [0.15, 0.2) is 45.6 Å². The molecule has 2 aromatic rings. The van der Waals surface area contributed by atoms with E-state index in [-0.39, 0.29) is 11.7 Å². The van der Waals surface area contributed by atoms with E-state index >= 15 is 0 Å². The van der Waals surface area contributed by atoms with Crippen molar-refractivity contribution in [3.05, 3.63) is 47.0 Å². The number of pyridine rings is 1. The molecule has 0 aromatic carbocycles. The van der Waals surface area contributed by atoms with Crippen LogP contribution in [0.4, 0.5) is 5.82 Å². The summed E-state index contributed by atoms with van der Waals surface area (Å²) in [5.74, 6) is 0.439. The zero-order valence-corrected chi connectivity index (χ0v) is 9.19. The summed E-state index contributed by atoms with van der Waals surface area (Å²) < 4.78 is 5.80. The van der Waals surface area contributed by atoms with Crippen LogP contribution in [0.1, 0.15) is 10.6 Å². The molecule has 0 aliphatic carbocycles. The Hall–Kier alpha value is -1.62. The number of rotatable bonds is 2. The molecule has 0 aliphatic heterocycles. The van der Waals surface area contributed by atoms with Crippen LogP contribution in [0.2, 0.25) is 0 Å². The van der Waals surface area contributed by atoms with Gasteiger partial charge in [-0.05, 0) is 40.2 Å². The van der Waals surface area contributed by atoms with E-state index in [4.69, 9.17) is 4.42 Å². The highest BCUT2D eigenvalue weighted by atomic mass is 79.9. The normalized spacial score (nSPS) is 9.93. The molecule has 0 bridgehead atoms. The first-order valence-corrected chi connectivity index (χ1v) is 5.01. The van der Waals surface area contributed by atoms with Crippen LogP contribution < -0.4 is 5.32 Å². The molecule has 76 valence electrons. The Balaban J connectivity index is 2.09. The molecule has 0 unspecified atom stereocenters. The topological polar surface area (TPSA) is 55.1 Å². The Morgan fingerprint density at radius 1 is 1.40 bits per heavy atom. The number of amides is 1. The van der Waals surface area contributed by atoms with Crippen molar-refractivity contribution < 1.29 is 9.21 Å². The second-order valence-electron chi connectivity index (χ2n) is 2.79. The molecule has 2 heterocycles. The van der Waals surface area contributed by atoms with Crippen molar-refractivity contribution >= 4 is 27.7 Å². The van der Waals surface area contributed by atoms with E-state index in [1.165, 1.54) is 6.26 Å². The SMILES string of the molecule is O=C(Nc1ccc(Br)cn1)c1ccco1. The molecule has 4 nitrogen and oxygen atoms in total. The van der Waals surface area contributed by atoms with Gasteiger partial charge in [-0.3, -0.25) is 4.79 Å². The second-order valence-corrected chi connectivity index (χ2v) is 3.71. The lowest BCUT2D eigenvalue weighted by Gasteiger charge is -2.01. The van der Waals surface area contributed by atoms with Crippen LogP contribution in [-0.2, 0) is 0 Å². The van der Waals surface area contributed by atoms with Gasteiger partial charge in [0.1, 0.15) is 5.82 Å². The molecule has 0 radical (unpaired) electrons. The van der Waals surface area contributed by atoms with Crippen LogP contribution in [0.25, 0.3) is 0 Å². The van der Waals surface area contributed by atoms with Gasteiger partial charge in [-0.15, -0.1) is 0 Å². The zero-order valence-electron chi connectivity index (χ0n) is 7.61. The molecule has 0 aliphatic rings. The van der Waals surface area contributed by atoms with E-state index in [0.717, 1.165) is 4.47 Å². The van der Waals surface area contributed by atoms with E-state index in [2.05, 4.69) is 26.2 Å². The molecule has 0 atom stereocenters. The van der Waals surface area contributed by atoms with Gasteiger partial charge in [0.2, 0.25) is 0 Å². The number of anilines is 1. The molecule has 5 heteroatoms. The Labute approximate surface area is 94.4 Å². The highest BCUT2D eigenvalue weighted by molar-refractivity contribution is 9.10. The maximum Gasteiger partial charge on any atom is 0.292 e. The fraction of sp³-hybridized carbons (Fsp3) is 0. The van der Waals surface area contributed by atoms with Gasteiger partial charge in [0.05, 0.1) is 6.26 Å². The third-order valence-corrected chi connectivity index (χ3v) is 2.18. The van der Waals surface area contributed by atoms with Crippen molar-refractivity contribution in [2.24, 2.45) is 0 Å². The summed E-state index contributed by atoms with van der Waals surface area (Å²) in [4.78, 5) is 15.5.